The van der Waals surface area contributed by atoms with Crippen LogP contribution in [0.15, 0.2) is 15.0 Å². The Labute approximate surface area is 84.9 Å². The molecule has 2 aliphatic heterocycles. The van der Waals surface area contributed by atoms with Crippen molar-refractivity contribution >= 4 is 39.6 Å². The average molecular weight is 220 g/mol. The Morgan fingerprint density at radius 2 is 2.08 bits per heavy atom. The zero-order valence-electron chi connectivity index (χ0n) is 6.78. The Balaban J connectivity index is 2.38. The fourth-order valence-electron chi connectivity index (χ4n) is 1.27. The first-order valence-electron chi connectivity index (χ1n) is 3.63. The van der Waals surface area contributed by atoms with Crippen molar-refractivity contribution in [3.63, 3.8) is 0 Å². The molecule has 0 aromatic heterocycles. The van der Waals surface area contributed by atoms with Gasteiger partial charge in [0.2, 0.25) is 5.96 Å². The zero-order valence-corrected chi connectivity index (χ0v) is 8.29. The van der Waals surface area contributed by atoms with Crippen LogP contribution in [0.5, 0.6) is 0 Å². The highest BCUT2D eigenvalue weighted by Gasteiger charge is 2.38. The Kier molecular flexibility index (Phi) is 1.92. The fraction of sp³-hybridized carbons (Fsp3) is 0.500. The second-order valence-corrected chi connectivity index (χ2v) is 3.51. The second-order valence-electron chi connectivity index (χ2n) is 2.79. The van der Waals surface area contributed by atoms with E-state index in [0.717, 1.165) is 0 Å². The maximum atomic E-state index is 5.84. The molecule has 70 valence electrons. The van der Waals surface area contributed by atoms with E-state index in [-0.39, 0.29) is 18.2 Å². The molecule has 2 unspecified atom stereocenters. The van der Waals surface area contributed by atoms with Gasteiger partial charge in [-0.05, 0) is 11.6 Å². The van der Waals surface area contributed by atoms with Crippen LogP contribution in [0.3, 0.4) is 0 Å². The van der Waals surface area contributed by atoms with E-state index in [0.29, 0.717) is 10.5 Å². The van der Waals surface area contributed by atoms with Crippen molar-refractivity contribution in [3.05, 3.63) is 0 Å². The molecular formula is C6H7Cl2N5. The molecule has 0 aliphatic carbocycles. The summed E-state index contributed by atoms with van der Waals surface area (Å²) in [6, 6.07) is -0.300. The Bertz CT molecular complexity index is 334. The number of hydrogen-bond donors (Lipinski definition) is 1. The number of rotatable bonds is 0. The van der Waals surface area contributed by atoms with Crippen LogP contribution >= 0.6 is 23.2 Å². The molecule has 2 aliphatic rings. The molecule has 0 radical (unpaired) electrons. The van der Waals surface area contributed by atoms with Gasteiger partial charge in [-0.1, -0.05) is 11.6 Å². The minimum absolute atomic E-state index is 0.166. The third-order valence-electron chi connectivity index (χ3n) is 1.95. The number of nitrogens with zero attached hydrogens (tertiary/aromatic N) is 4. The third-order valence-corrected chi connectivity index (χ3v) is 2.62. The van der Waals surface area contributed by atoms with Gasteiger partial charge in [-0.2, -0.15) is 0 Å². The summed E-state index contributed by atoms with van der Waals surface area (Å²) < 4.78 is 0. The molecule has 0 amide bonds. The number of fused-ring (bicyclic) bond motifs is 1. The van der Waals surface area contributed by atoms with E-state index in [1.54, 1.807) is 11.9 Å². The van der Waals surface area contributed by atoms with Gasteiger partial charge in [0.05, 0.1) is 0 Å². The summed E-state index contributed by atoms with van der Waals surface area (Å²) in [7, 11) is 1.78. The predicted octanol–water partition coefficient (Wildman–Crippen LogP) is 0.187. The van der Waals surface area contributed by atoms with Crippen molar-refractivity contribution in [2.24, 2.45) is 20.7 Å². The molecule has 0 spiro atoms. The lowest BCUT2D eigenvalue weighted by molar-refractivity contribution is 0.398. The fourth-order valence-corrected chi connectivity index (χ4v) is 1.72. The molecule has 2 rings (SSSR count). The van der Waals surface area contributed by atoms with Gasteiger partial charge in [0, 0.05) is 7.05 Å². The van der Waals surface area contributed by atoms with E-state index >= 15 is 0 Å². The molecule has 2 atom stereocenters. The predicted molar refractivity (Wildman–Crippen MR) is 53.5 cm³/mol. The summed E-state index contributed by atoms with van der Waals surface area (Å²) >= 11 is 11.6. The standard InChI is InChI=1S/C6H7Cl2N5/c1-13-4-2(10-5(13)8)3(7)11-6(9)12-4/h2,4H,1H3,(H2,9,12). The van der Waals surface area contributed by atoms with Crippen LogP contribution in [0.4, 0.5) is 0 Å². The molecule has 0 aromatic rings. The van der Waals surface area contributed by atoms with Crippen LogP contribution in [0, 0.1) is 0 Å². The van der Waals surface area contributed by atoms with Crippen molar-refractivity contribution in [2.45, 2.75) is 12.2 Å². The van der Waals surface area contributed by atoms with Crippen molar-refractivity contribution in [2.75, 3.05) is 7.05 Å². The highest BCUT2D eigenvalue weighted by molar-refractivity contribution is 6.69. The van der Waals surface area contributed by atoms with Gasteiger partial charge in [0.25, 0.3) is 0 Å². The molecule has 0 aromatic carbocycles. The third kappa shape index (κ3) is 1.28. The van der Waals surface area contributed by atoms with Crippen LogP contribution < -0.4 is 5.73 Å². The monoisotopic (exact) mass is 219 g/mol. The minimum atomic E-state index is -0.300. The van der Waals surface area contributed by atoms with E-state index < -0.39 is 0 Å². The van der Waals surface area contributed by atoms with Crippen LogP contribution in [-0.2, 0) is 0 Å². The molecule has 2 N–H and O–H groups in total. The van der Waals surface area contributed by atoms with Gasteiger partial charge in [-0.3, -0.25) is 0 Å². The van der Waals surface area contributed by atoms with Gasteiger partial charge in [-0.25, -0.2) is 15.0 Å². The van der Waals surface area contributed by atoms with Gasteiger partial charge in [0.15, 0.2) is 11.5 Å². The maximum Gasteiger partial charge on any atom is 0.218 e. The van der Waals surface area contributed by atoms with E-state index in [9.17, 15) is 0 Å². The number of guanidine groups is 1. The number of likely N-dealkylation sites (N-methyl/N-ethyl adjacent to an activating group) is 1. The maximum absolute atomic E-state index is 5.84. The normalized spacial score (nSPS) is 32.2. The molecule has 7 heteroatoms. The number of nitrogens with two attached hydrogens (primary N) is 1. The van der Waals surface area contributed by atoms with E-state index in [1.165, 1.54) is 0 Å². The first-order valence-corrected chi connectivity index (χ1v) is 4.38. The van der Waals surface area contributed by atoms with E-state index in [2.05, 4.69) is 15.0 Å². The lowest BCUT2D eigenvalue weighted by atomic mass is 10.2. The smallest absolute Gasteiger partial charge is 0.218 e. The number of amidine groups is 1. The number of halogens is 2. The quantitative estimate of drug-likeness (QED) is 0.592. The molecule has 0 bridgehead atoms. The summed E-state index contributed by atoms with van der Waals surface area (Å²) in [5.74, 6) is 0.166. The highest BCUT2D eigenvalue weighted by atomic mass is 35.5. The molecule has 5 nitrogen and oxygen atoms in total. The van der Waals surface area contributed by atoms with Crippen LogP contribution in [0.2, 0.25) is 0 Å². The Hall–Kier alpha value is -0.810. The van der Waals surface area contributed by atoms with Crippen molar-refractivity contribution < 1.29 is 0 Å². The largest absolute Gasteiger partial charge is 0.368 e. The molecule has 0 saturated carbocycles. The van der Waals surface area contributed by atoms with Crippen LogP contribution in [0.1, 0.15) is 0 Å². The van der Waals surface area contributed by atoms with Gasteiger partial charge in [-0.15, -0.1) is 0 Å². The average Bonchev–Trinajstić information content (AvgIpc) is 2.32. The van der Waals surface area contributed by atoms with Gasteiger partial charge >= 0.3 is 0 Å². The second kappa shape index (κ2) is 2.85. The van der Waals surface area contributed by atoms with Crippen molar-refractivity contribution in [3.8, 4) is 0 Å². The SMILES string of the molecule is CN1C(Cl)=NC2C(Cl)=NC(N)=NC21. The van der Waals surface area contributed by atoms with Crippen molar-refractivity contribution in [1.82, 2.24) is 4.90 Å². The number of aliphatic imine (C=N–C) groups is 3. The lowest BCUT2D eigenvalue weighted by Gasteiger charge is -2.23. The summed E-state index contributed by atoms with van der Waals surface area (Å²) in [6.45, 7) is 0. The summed E-state index contributed by atoms with van der Waals surface area (Å²) in [5.41, 5.74) is 5.45. The number of hydrogen-bond acceptors (Lipinski definition) is 5. The van der Waals surface area contributed by atoms with E-state index in [4.69, 9.17) is 28.9 Å². The Morgan fingerprint density at radius 1 is 1.38 bits per heavy atom. The molecule has 13 heavy (non-hydrogen) atoms. The first-order chi connectivity index (χ1) is 6.09. The van der Waals surface area contributed by atoms with Gasteiger partial charge in [0.1, 0.15) is 11.2 Å². The molecule has 0 saturated heterocycles. The van der Waals surface area contributed by atoms with Gasteiger partial charge < -0.3 is 10.6 Å². The molecular weight excluding hydrogens is 213 g/mol. The lowest BCUT2D eigenvalue weighted by Crippen LogP contribution is -2.41. The topological polar surface area (TPSA) is 66.3 Å². The summed E-state index contributed by atoms with van der Waals surface area (Å²) in [5, 5.41) is 0.710. The Morgan fingerprint density at radius 3 is 2.77 bits per heavy atom. The van der Waals surface area contributed by atoms with E-state index in [1.807, 2.05) is 0 Å². The molecule has 0 fully saturated rings. The van der Waals surface area contributed by atoms with Crippen LogP contribution in [0.25, 0.3) is 0 Å². The summed E-state index contributed by atoms with van der Waals surface area (Å²) in [6.07, 6.45) is -0.238. The summed E-state index contributed by atoms with van der Waals surface area (Å²) in [4.78, 5) is 13.7. The zero-order chi connectivity index (χ0) is 9.59. The highest BCUT2D eigenvalue weighted by Crippen LogP contribution is 2.24. The first kappa shape index (κ1) is 8.77. The minimum Gasteiger partial charge on any atom is -0.368 e. The molecule has 2 heterocycles. The van der Waals surface area contributed by atoms with Crippen molar-refractivity contribution in [1.29, 1.82) is 0 Å². The van der Waals surface area contributed by atoms with Crippen LogP contribution in [-0.4, -0.2) is 40.6 Å².